The van der Waals surface area contributed by atoms with Crippen LogP contribution >= 0.6 is 11.3 Å². The smallest absolute Gasteiger partial charge is 0.273 e. The van der Waals surface area contributed by atoms with Crippen molar-refractivity contribution in [1.82, 2.24) is 14.9 Å². The highest BCUT2D eigenvalue weighted by Crippen LogP contribution is 2.22. The van der Waals surface area contributed by atoms with Crippen LogP contribution in [0.15, 0.2) is 42.0 Å². The zero-order valence-corrected chi connectivity index (χ0v) is 13.2. The molecule has 0 spiro atoms. The van der Waals surface area contributed by atoms with Gasteiger partial charge in [-0.15, -0.1) is 11.3 Å². The Balaban J connectivity index is 1.73. The number of nitrogens with one attached hydrogen (secondary N) is 1. The number of rotatable bonds is 4. The van der Waals surface area contributed by atoms with E-state index in [1.54, 1.807) is 31.6 Å². The third-order valence-electron chi connectivity index (χ3n) is 3.25. The molecule has 0 saturated carbocycles. The van der Waals surface area contributed by atoms with Crippen molar-refractivity contribution in [1.29, 1.82) is 0 Å². The summed E-state index contributed by atoms with van der Waals surface area (Å²) >= 11 is 1.73. The second kappa shape index (κ2) is 6.11. The topological polar surface area (TPSA) is 58.1 Å². The number of hydrogen-bond donors (Lipinski definition) is 1. The Bertz CT molecular complexity index is 813. The summed E-state index contributed by atoms with van der Waals surface area (Å²) in [5, 5.41) is 6.54. The predicted molar refractivity (Wildman–Crippen MR) is 89.2 cm³/mol. The Morgan fingerprint density at radius 1 is 1.27 bits per heavy atom. The molecule has 3 rings (SSSR count). The van der Waals surface area contributed by atoms with E-state index in [0.717, 1.165) is 5.56 Å². The lowest BCUT2D eigenvalue weighted by Gasteiger charge is -2.10. The minimum atomic E-state index is -0.157. The van der Waals surface area contributed by atoms with Crippen LogP contribution in [-0.4, -0.2) is 34.9 Å². The van der Waals surface area contributed by atoms with Crippen LogP contribution in [0.3, 0.4) is 0 Å². The van der Waals surface area contributed by atoms with Crippen molar-refractivity contribution >= 4 is 33.1 Å². The molecule has 0 aliphatic heterocycles. The molecule has 1 amide bonds. The number of aromatic nitrogens is 2. The van der Waals surface area contributed by atoms with Gasteiger partial charge in [0, 0.05) is 25.3 Å². The standard InChI is InChI=1S/C16H16N4OS/c1-20(2)16(21)13-9-17-10-15(19-13)18-8-11-3-4-14-12(7-11)5-6-22-14/h3-7,9-10H,8H2,1-2H3,(H,18,19). The Morgan fingerprint density at radius 3 is 2.95 bits per heavy atom. The van der Waals surface area contributed by atoms with Gasteiger partial charge in [0.05, 0.1) is 12.4 Å². The number of carbonyl (C=O) groups excluding carboxylic acids is 1. The molecule has 0 aliphatic carbocycles. The summed E-state index contributed by atoms with van der Waals surface area (Å²) in [5.74, 6) is 0.439. The summed E-state index contributed by atoms with van der Waals surface area (Å²) < 4.78 is 1.28. The number of hydrogen-bond acceptors (Lipinski definition) is 5. The summed E-state index contributed by atoms with van der Waals surface area (Å²) in [6.45, 7) is 0.639. The number of carbonyl (C=O) groups is 1. The largest absolute Gasteiger partial charge is 0.365 e. The Kier molecular flexibility index (Phi) is 4.02. The van der Waals surface area contributed by atoms with E-state index in [1.165, 1.54) is 21.2 Å². The van der Waals surface area contributed by atoms with Gasteiger partial charge in [0.2, 0.25) is 0 Å². The van der Waals surface area contributed by atoms with Crippen molar-refractivity contribution < 1.29 is 4.79 Å². The third-order valence-corrected chi connectivity index (χ3v) is 4.15. The van der Waals surface area contributed by atoms with E-state index < -0.39 is 0 Å². The third kappa shape index (κ3) is 3.07. The fourth-order valence-corrected chi connectivity index (χ4v) is 2.87. The maximum Gasteiger partial charge on any atom is 0.273 e. The first-order chi connectivity index (χ1) is 10.6. The molecular formula is C16H16N4OS. The molecule has 6 heteroatoms. The number of nitrogens with zero attached hydrogens (tertiary/aromatic N) is 3. The van der Waals surface area contributed by atoms with Gasteiger partial charge in [0.25, 0.3) is 5.91 Å². The van der Waals surface area contributed by atoms with Gasteiger partial charge in [-0.3, -0.25) is 9.78 Å². The van der Waals surface area contributed by atoms with Crippen LogP contribution in [0.2, 0.25) is 0 Å². The minimum absolute atomic E-state index is 0.157. The lowest BCUT2D eigenvalue weighted by molar-refractivity contribution is 0.0821. The highest BCUT2D eigenvalue weighted by Gasteiger charge is 2.10. The Morgan fingerprint density at radius 2 is 2.14 bits per heavy atom. The van der Waals surface area contributed by atoms with Gasteiger partial charge in [0.15, 0.2) is 0 Å². The summed E-state index contributed by atoms with van der Waals surface area (Å²) in [6, 6.07) is 8.48. The number of benzene rings is 1. The normalized spacial score (nSPS) is 10.6. The van der Waals surface area contributed by atoms with Crippen molar-refractivity contribution in [3.8, 4) is 0 Å². The molecule has 0 bridgehead atoms. The first-order valence-electron chi connectivity index (χ1n) is 6.87. The predicted octanol–water partition coefficient (Wildman–Crippen LogP) is 3.01. The zero-order chi connectivity index (χ0) is 15.5. The first-order valence-corrected chi connectivity index (χ1v) is 7.75. The van der Waals surface area contributed by atoms with Gasteiger partial charge < -0.3 is 10.2 Å². The molecule has 3 aromatic rings. The van der Waals surface area contributed by atoms with Crippen LogP contribution < -0.4 is 5.32 Å². The molecule has 0 unspecified atom stereocenters. The lowest BCUT2D eigenvalue weighted by atomic mass is 10.2. The van der Waals surface area contributed by atoms with Crippen LogP contribution in [0.25, 0.3) is 10.1 Å². The molecular weight excluding hydrogens is 296 g/mol. The maximum absolute atomic E-state index is 11.9. The van der Waals surface area contributed by atoms with Crippen LogP contribution in [0.5, 0.6) is 0 Å². The van der Waals surface area contributed by atoms with E-state index >= 15 is 0 Å². The van der Waals surface area contributed by atoms with Crippen LogP contribution in [0, 0.1) is 0 Å². The quantitative estimate of drug-likeness (QED) is 0.804. The molecule has 0 aliphatic rings. The van der Waals surface area contributed by atoms with Gasteiger partial charge >= 0.3 is 0 Å². The van der Waals surface area contributed by atoms with E-state index in [0.29, 0.717) is 18.1 Å². The summed E-state index contributed by atoms with van der Waals surface area (Å²) in [4.78, 5) is 21.7. The minimum Gasteiger partial charge on any atom is -0.365 e. The molecule has 0 radical (unpaired) electrons. The molecule has 0 fully saturated rings. The molecule has 0 atom stereocenters. The van der Waals surface area contributed by atoms with Gasteiger partial charge in [0.1, 0.15) is 11.5 Å². The van der Waals surface area contributed by atoms with E-state index in [2.05, 4.69) is 44.9 Å². The fraction of sp³-hybridized carbons (Fsp3) is 0.188. The Labute approximate surface area is 132 Å². The van der Waals surface area contributed by atoms with Crippen molar-refractivity contribution in [2.24, 2.45) is 0 Å². The van der Waals surface area contributed by atoms with E-state index in [1.807, 2.05) is 0 Å². The number of fused-ring (bicyclic) bond motifs is 1. The van der Waals surface area contributed by atoms with E-state index in [-0.39, 0.29) is 5.91 Å². The molecule has 0 saturated heterocycles. The van der Waals surface area contributed by atoms with Crippen molar-refractivity contribution in [2.45, 2.75) is 6.54 Å². The van der Waals surface area contributed by atoms with E-state index in [9.17, 15) is 4.79 Å². The van der Waals surface area contributed by atoms with Gasteiger partial charge in [-0.2, -0.15) is 0 Å². The number of thiophene rings is 1. The van der Waals surface area contributed by atoms with Crippen LogP contribution in [-0.2, 0) is 6.54 Å². The monoisotopic (exact) mass is 312 g/mol. The maximum atomic E-state index is 11.9. The van der Waals surface area contributed by atoms with Gasteiger partial charge in [-0.25, -0.2) is 4.98 Å². The van der Waals surface area contributed by atoms with Crippen LogP contribution in [0.4, 0.5) is 5.82 Å². The van der Waals surface area contributed by atoms with Gasteiger partial charge in [-0.1, -0.05) is 6.07 Å². The summed E-state index contributed by atoms with van der Waals surface area (Å²) in [6.07, 6.45) is 3.10. The molecule has 112 valence electrons. The highest BCUT2D eigenvalue weighted by atomic mass is 32.1. The Hall–Kier alpha value is -2.47. The summed E-state index contributed by atoms with van der Waals surface area (Å²) in [7, 11) is 3.39. The molecule has 2 heterocycles. The average molecular weight is 312 g/mol. The van der Waals surface area contributed by atoms with Crippen LogP contribution in [0.1, 0.15) is 16.1 Å². The summed E-state index contributed by atoms with van der Waals surface area (Å²) in [5.41, 5.74) is 1.50. The molecule has 1 aromatic carbocycles. The SMILES string of the molecule is CN(C)C(=O)c1cncc(NCc2ccc3sccc3c2)n1. The molecule has 2 aromatic heterocycles. The number of anilines is 1. The van der Waals surface area contributed by atoms with Gasteiger partial charge in [-0.05, 0) is 34.5 Å². The molecule has 22 heavy (non-hydrogen) atoms. The van der Waals surface area contributed by atoms with Crippen molar-refractivity contribution in [3.05, 3.63) is 53.3 Å². The first kappa shape index (κ1) is 14.5. The average Bonchev–Trinajstić information content (AvgIpc) is 3.00. The second-order valence-electron chi connectivity index (χ2n) is 5.14. The highest BCUT2D eigenvalue weighted by molar-refractivity contribution is 7.17. The second-order valence-corrected chi connectivity index (χ2v) is 6.08. The van der Waals surface area contributed by atoms with Crippen molar-refractivity contribution in [3.63, 3.8) is 0 Å². The molecule has 1 N–H and O–H groups in total. The van der Waals surface area contributed by atoms with Crippen molar-refractivity contribution in [2.75, 3.05) is 19.4 Å². The zero-order valence-electron chi connectivity index (χ0n) is 12.4. The lowest BCUT2D eigenvalue weighted by Crippen LogP contribution is -2.23. The van der Waals surface area contributed by atoms with E-state index in [4.69, 9.17) is 0 Å². The fourth-order valence-electron chi connectivity index (χ4n) is 2.10. The molecule has 5 nitrogen and oxygen atoms in total. The number of amides is 1.